The van der Waals surface area contributed by atoms with Crippen molar-refractivity contribution in [2.75, 3.05) is 13.1 Å². The van der Waals surface area contributed by atoms with Gasteiger partial charge in [0.1, 0.15) is 5.75 Å². The van der Waals surface area contributed by atoms with Crippen LogP contribution in [0.5, 0.6) is 5.75 Å². The normalized spacial score (nSPS) is 22.6. The molecule has 1 aromatic carbocycles. The molecule has 112 valence electrons. The number of hydrogen-bond acceptors (Lipinski definition) is 3. The summed E-state index contributed by atoms with van der Waals surface area (Å²) in [5.41, 5.74) is 6.91. The molecule has 0 aliphatic carbocycles. The Morgan fingerprint density at radius 1 is 1.30 bits per heavy atom. The monoisotopic (exact) mass is 288 g/mol. The van der Waals surface area contributed by atoms with Crippen molar-refractivity contribution < 1.29 is 17.9 Å². The van der Waals surface area contributed by atoms with Crippen LogP contribution in [0.4, 0.5) is 13.2 Å². The number of ether oxygens (including phenoxy) is 1. The van der Waals surface area contributed by atoms with Gasteiger partial charge < -0.3 is 10.5 Å². The highest BCUT2D eigenvalue weighted by molar-refractivity contribution is 5.29. The summed E-state index contributed by atoms with van der Waals surface area (Å²) >= 11 is 0. The van der Waals surface area contributed by atoms with E-state index in [4.69, 9.17) is 5.73 Å². The van der Waals surface area contributed by atoms with E-state index >= 15 is 0 Å². The second kappa shape index (κ2) is 6.01. The van der Waals surface area contributed by atoms with Crippen molar-refractivity contribution in [2.24, 2.45) is 5.73 Å². The zero-order chi connectivity index (χ0) is 14.8. The van der Waals surface area contributed by atoms with Crippen molar-refractivity contribution >= 4 is 0 Å². The first-order chi connectivity index (χ1) is 9.35. The number of nitrogens with zero attached hydrogens (tertiary/aromatic N) is 1. The molecule has 0 spiro atoms. The molecule has 2 N–H and O–H groups in total. The van der Waals surface area contributed by atoms with E-state index in [1.807, 2.05) is 6.92 Å². The Balaban J connectivity index is 2.01. The fourth-order valence-electron chi connectivity index (χ4n) is 2.55. The lowest BCUT2D eigenvalue weighted by atomic mass is 10.0. The minimum Gasteiger partial charge on any atom is -0.406 e. The maximum absolute atomic E-state index is 12.1. The van der Waals surface area contributed by atoms with Crippen LogP contribution < -0.4 is 10.5 Å². The van der Waals surface area contributed by atoms with Crippen LogP contribution in [0.2, 0.25) is 0 Å². The van der Waals surface area contributed by atoms with Crippen molar-refractivity contribution in [1.29, 1.82) is 0 Å². The van der Waals surface area contributed by atoms with Gasteiger partial charge >= 0.3 is 6.36 Å². The molecule has 6 heteroatoms. The van der Waals surface area contributed by atoms with Crippen molar-refractivity contribution in [3.05, 3.63) is 29.8 Å². The molecule has 2 rings (SSSR count). The lowest BCUT2D eigenvalue weighted by Crippen LogP contribution is -2.43. The van der Waals surface area contributed by atoms with Crippen LogP contribution in [0.15, 0.2) is 24.3 Å². The van der Waals surface area contributed by atoms with E-state index in [2.05, 4.69) is 9.64 Å². The molecular weight excluding hydrogens is 269 g/mol. The highest BCUT2D eigenvalue weighted by Crippen LogP contribution is 2.27. The van der Waals surface area contributed by atoms with Crippen LogP contribution in [0, 0.1) is 0 Å². The molecule has 2 unspecified atom stereocenters. The Morgan fingerprint density at radius 3 is 2.50 bits per heavy atom. The van der Waals surface area contributed by atoms with Crippen molar-refractivity contribution in [3.8, 4) is 5.75 Å². The van der Waals surface area contributed by atoms with Gasteiger partial charge in [0.05, 0.1) is 0 Å². The summed E-state index contributed by atoms with van der Waals surface area (Å²) in [7, 11) is 0. The van der Waals surface area contributed by atoms with Crippen molar-refractivity contribution in [2.45, 2.75) is 38.2 Å². The topological polar surface area (TPSA) is 38.5 Å². The molecule has 1 fully saturated rings. The fraction of sp³-hybridized carbons (Fsp3) is 0.571. The average molecular weight is 288 g/mol. The average Bonchev–Trinajstić information content (AvgIpc) is 2.37. The first-order valence-electron chi connectivity index (χ1n) is 6.70. The van der Waals surface area contributed by atoms with Gasteiger partial charge in [0, 0.05) is 18.6 Å². The first-order valence-corrected chi connectivity index (χ1v) is 6.70. The molecular formula is C14H19F3N2O. The molecule has 20 heavy (non-hydrogen) atoms. The maximum atomic E-state index is 12.1. The van der Waals surface area contributed by atoms with E-state index < -0.39 is 6.36 Å². The summed E-state index contributed by atoms with van der Waals surface area (Å²) in [6, 6.07) is 6.37. The number of halogens is 3. The second-order valence-electron chi connectivity index (χ2n) is 5.19. The molecule has 1 aromatic rings. The third-order valence-electron chi connectivity index (χ3n) is 3.63. The standard InChI is InChI=1S/C14H19F3N2O/c1-10(19-8-2-3-12(18)9-19)11-4-6-13(7-5-11)20-14(15,16)17/h4-7,10,12H,2-3,8-9,18H2,1H3. The van der Waals surface area contributed by atoms with E-state index in [9.17, 15) is 13.2 Å². The van der Waals surface area contributed by atoms with E-state index in [-0.39, 0.29) is 17.8 Å². The van der Waals surface area contributed by atoms with E-state index in [0.717, 1.165) is 31.5 Å². The Morgan fingerprint density at radius 2 is 1.95 bits per heavy atom. The fourth-order valence-corrected chi connectivity index (χ4v) is 2.55. The molecule has 3 nitrogen and oxygen atoms in total. The SMILES string of the molecule is CC(c1ccc(OC(F)(F)F)cc1)N1CCCC(N)C1. The molecule has 0 amide bonds. The molecule has 1 heterocycles. The zero-order valence-corrected chi connectivity index (χ0v) is 11.4. The largest absolute Gasteiger partial charge is 0.573 e. The summed E-state index contributed by atoms with van der Waals surface area (Å²) in [4.78, 5) is 2.26. The Bertz CT molecular complexity index is 433. The number of alkyl halides is 3. The summed E-state index contributed by atoms with van der Waals surface area (Å²) < 4.78 is 40.1. The van der Waals surface area contributed by atoms with Gasteiger partial charge in [-0.05, 0) is 44.0 Å². The molecule has 0 saturated carbocycles. The summed E-state index contributed by atoms with van der Waals surface area (Å²) in [5.74, 6) is -0.191. The van der Waals surface area contributed by atoms with Crippen LogP contribution in [-0.2, 0) is 0 Å². The van der Waals surface area contributed by atoms with Crippen LogP contribution in [0.25, 0.3) is 0 Å². The first kappa shape index (κ1) is 15.1. The minimum atomic E-state index is -4.65. The molecule has 1 aliphatic heterocycles. The third kappa shape index (κ3) is 4.11. The summed E-state index contributed by atoms with van der Waals surface area (Å²) in [6.45, 7) is 3.83. The number of piperidine rings is 1. The molecule has 0 aromatic heterocycles. The smallest absolute Gasteiger partial charge is 0.406 e. The molecule has 0 bridgehead atoms. The van der Waals surface area contributed by atoms with E-state index in [1.54, 1.807) is 12.1 Å². The minimum absolute atomic E-state index is 0.140. The molecule has 1 aliphatic rings. The van der Waals surface area contributed by atoms with Crippen LogP contribution in [0.3, 0.4) is 0 Å². The van der Waals surface area contributed by atoms with Gasteiger partial charge in [-0.1, -0.05) is 12.1 Å². The quantitative estimate of drug-likeness (QED) is 0.929. The van der Waals surface area contributed by atoms with Gasteiger partial charge in [-0.15, -0.1) is 13.2 Å². The number of hydrogen-bond donors (Lipinski definition) is 1. The number of nitrogens with two attached hydrogens (primary N) is 1. The van der Waals surface area contributed by atoms with Gasteiger partial charge in [0.15, 0.2) is 0 Å². The highest BCUT2D eigenvalue weighted by Gasteiger charge is 2.31. The number of likely N-dealkylation sites (tertiary alicyclic amines) is 1. The Labute approximate surface area is 116 Å². The van der Waals surface area contributed by atoms with E-state index in [1.165, 1.54) is 12.1 Å². The maximum Gasteiger partial charge on any atom is 0.573 e. The summed E-state index contributed by atoms with van der Waals surface area (Å²) in [5, 5.41) is 0. The van der Waals surface area contributed by atoms with Gasteiger partial charge in [-0.25, -0.2) is 0 Å². The zero-order valence-electron chi connectivity index (χ0n) is 11.4. The predicted octanol–water partition coefficient (Wildman–Crippen LogP) is 3.07. The third-order valence-corrected chi connectivity index (χ3v) is 3.63. The second-order valence-corrected chi connectivity index (χ2v) is 5.19. The van der Waals surface area contributed by atoms with Crippen LogP contribution in [-0.4, -0.2) is 30.4 Å². The van der Waals surface area contributed by atoms with Crippen molar-refractivity contribution in [1.82, 2.24) is 4.90 Å². The molecule has 2 atom stereocenters. The summed E-state index contributed by atoms with van der Waals surface area (Å²) in [6.07, 6.45) is -2.56. The number of rotatable bonds is 3. The van der Waals surface area contributed by atoms with Crippen LogP contribution in [0.1, 0.15) is 31.4 Å². The molecule has 0 radical (unpaired) electrons. The van der Waals surface area contributed by atoms with Gasteiger partial charge in [0.2, 0.25) is 0 Å². The van der Waals surface area contributed by atoms with E-state index in [0.29, 0.717) is 0 Å². The highest BCUT2D eigenvalue weighted by atomic mass is 19.4. The predicted molar refractivity (Wildman–Crippen MR) is 70.3 cm³/mol. The van der Waals surface area contributed by atoms with Crippen molar-refractivity contribution in [3.63, 3.8) is 0 Å². The Hall–Kier alpha value is -1.27. The lowest BCUT2D eigenvalue weighted by molar-refractivity contribution is -0.274. The van der Waals surface area contributed by atoms with Gasteiger partial charge in [0.25, 0.3) is 0 Å². The van der Waals surface area contributed by atoms with Gasteiger partial charge in [-0.2, -0.15) is 0 Å². The van der Waals surface area contributed by atoms with Gasteiger partial charge in [-0.3, -0.25) is 4.90 Å². The van der Waals surface area contributed by atoms with Crippen LogP contribution >= 0.6 is 0 Å². The number of benzene rings is 1. The lowest BCUT2D eigenvalue weighted by Gasteiger charge is -2.35. The molecule has 1 saturated heterocycles. The Kier molecular flexibility index (Phi) is 4.55.